The van der Waals surface area contributed by atoms with Crippen LogP contribution in [0.4, 0.5) is 0 Å². The molecule has 0 aromatic heterocycles. The summed E-state index contributed by atoms with van der Waals surface area (Å²) in [5.74, 6) is 0.629. The third-order valence-electron chi connectivity index (χ3n) is 2.95. The SMILES string of the molecule is CNC(CCC(C)COC)c1ccccc1. The summed E-state index contributed by atoms with van der Waals surface area (Å²) >= 11 is 0. The standard InChI is InChI=1S/C14H23NO/c1-12(11-16-3)9-10-14(15-2)13-7-5-4-6-8-13/h4-8,12,14-15H,9-11H2,1-3H3. The van der Waals surface area contributed by atoms with Crippen molar-refractivity contribution in [1.29, 1.82) is 0 Å². The molecule has 90 valence electrons. The predicted octanol–water partition coefficient (Wildman–Crippen LogP) is 3.01. The molecule has 0 amide bonds. The molecule has 1 aromatic carbocycles. The fourth-order valence-electron chi connectivity index (χ4n) is 1.98. The molecule has 0 bridgehead atoms. The van der Waals surface area contributed by atoms with Crippen molar-refractivity contribution in [2.45, 2.75) is 25.8 Å². The Morgan fingerprint density at radius 1 is 1.19 bits per heavy atom. The van der Waals surface area contributed by atoms with Crippen molar-refractivity contribution < 1.29 is 4.74 Å². The molecule has 2 heteroatoms. The van der Waals surface area contributed by atoms with Crippen LogP contribution in [0.25, 0.3) is 0 Å². The molecule has 0 aliphatic rings. The van der Waals surface area contributed by atoms with Crippen molar-refractivity contribution in [2.24, 2.45) is 5.92 Å². The van der Waals surface area contributed by atoms with Crippen LogP contribution in [0.15, 0.2) is 30.3 Å². The van der Waals surface area contributed by atoms with Gasteiger partial charge in [0.05, 0.1) is 0 Å². The van der Waals surface area contributed by atoms with Crippen molar-refractivity contribution in [1.82, 2.24) is 5.32 Å². The van der Waals surface area contributed by atoms with Crippen LogP contribution in [0.2, 0.25) is 0 Å². The van der Waals surface area contributed by atoms with Crippen molar-refractivity contribution >= 4 is 0 Å². The van der Waals surface area contributed by atoms with E-state index in [-0.39, 0.29) is 0 Å². The fraction of sp³-hybridized carbons (Fsp3) is 0.571. The van der Waals surface area contributed by atoms with Crippen LogP contribution in [0.3, 0.4) is 0 Å². The predicted molar refractivity (Wildman–Crippen MR) is 68.5 cm³/mol. The minimum absolute atomic E-state index is 0.459. The van der Waals surface area contributed by atoms with Crippen molar-refractivity contribution in [3.05, 3.63) is 35.9 Å². The van der Waals surface area contributed by atoms with Crippen molar-refractivity contribution in [3.8, 4) is 0 Å². The van der Waals surface area contributed by atoms with E-state index in [4.69, 9.17) is 4.74 Å². The highest BCUT2D eigenvalue weighted by Gasteiger charge is 2.10. The Labute approximate surface area is 99.0 Å². The third kappa shape index (κ3) is 4.33. The molecule has 1 rings (SSSR count). The van der Waals surface area contributed by atoms with E-state index in [1.54, 1.807) is 7.11 Å². The maximum atomic E-state index is 5.15. The Bertz CT molecular complexity index is 273. The molecule has 2 nitrogen and oxygen atoms in total. The first-order valence-corrected chi connectivity index (χ1v) is 5.99. The molecule has 0 aliphatic heterocycles. The minimum Gasteiger partial charge on any atom is -0.384 e. The lowest BCUT2D eigenvalue weighted by atomic mass is 9.97. The quantitative estimate of drug-likeness (QED) is 0.764. The molecule has 0 saturated heterocycles. The molecule has 1 N–H and O–H groups in total. The average molecular weight is 221 g/mol. The highest BCUT2D eigenvalue weighted by Crippen LogP contribution is 2.20. The second-order valence-corrected chi connectivity index (χ2v) is 4.39. The normalized spacial score (nSPS) is 14.7. The number of benzene rings is 1. The van der Waals surface area contributed by atoms with Crippen LogP contribution >= 0.6 is 0 Å². The topological polar surface area (TPSA) is 21.3 Å². The smallest absolute Gasteiger partial charge is 0.0487 e. The first-order valence-electron chi connectivity index (χ1n) is 5.99. The van der Waals surface area contributed by atoms with E-state index in [0.29, 0.717) is 12.0 Å². The third-order valence-corrected chi connectivity index (χ3v) is 2.95. The van der Waals surface area contributed by atoms with Gasteiger partial charge in [-0.3, -0.25) is 0 Å². The Balaban J connectivity index is 2.44. The lowest BCUT2D eigenvalue weighted by Crippen LogP contribution is -2.17. The first-order chi connectivity index (χ1) is 7.77. The molecule has 2 unspecified atom stereocenters. The summed E-state index contributed by atoms with van der Waals surface area (Å²) in [5.41, 5.74) is 1.37. The van der Waals surface area contributed by atoms with E-state index >= 15 is 0 Å². The zero-order valence-electron chi connectivity index (χ0n) is 10.6. The number of rotatable bonds is 7. The molecule has 0 aliphatic carbocycles. The summed E-state index contributed by atoms with van der Waals surface area (Å²) in [4.78, 5) is 0. The lowest BCUT2D eigenvalue weighted by Gasteiger charge is -2.18. The van der Waals surface area contributed by atoms with Gasteiger partial charge in [0.15, 0.2) is 0 Å². The summed E-state index contributed by atoms with van der Waals surface area (Å²) in [6.45, 7) is 3.09. The summed E-state index contributed by atoms with van der Waals surface area (Å²) in [6.07, 6.45) is 2.35. The molecule has 1 aromatic rings. The molecule has 0 radical (unpaired) electrons. The summed E-state index contributed by atoms with van der Waals surface area (Å²) in [5, 5.41) is 3.37. The van der Waals surface area contributed by atoms with Crippen LogP contribution in [0.1, 0.15) is 31.4 Å². The largest absolute Gasteiger partial charge is 0.384 e. The number of hydrogen-bond acceptors (Lipinski definition) is 2. The maximum absolute atomic E-state index is 5.15. The fourth-order valence-corrected chi connectivity index (χ4v) is 1.98. The number of hydrogen-bond donors (Lipinski definition) is 1. The molecule has 16 heavy (non-hydrogen) atoms. The average Bonchev–Trinajstić information content (AvgIpc) is 2.31. The first kappa shape index (κ1) is 13.2. The zero-order valence-corrected chi connectivity index (χ0v) is 10.6. The highest BCUT2D eigenvalue weighted by atomic mass is 16.5. The van der Waals surface area contributed by atoms with Crippen LogP contribution in [-0.2, 0) is 4.74 Å². The van der Waals surface area contributed by atoms with E-state index in [2.05, 4.69) is 42.6 Å². The summed E-state index contributed by atoms with van der Waals surface area (Å²) < 4.78 is 5.15. The van der Waals surface area contributed by atoms with E-state index in [9.17, 15) is 0 Å². The van der Waals surface area contributed by atoms with Gasteiger partial charge in [0.2, 0.25) is 0 Å². The number of methoxy groups -OCH3 is 1. The van der Waals surface area contributed by atoms with Crippen LogP contribution in [0, 0.1) is 5.92 Å². The van der Waals surface area contributed by atoms with Crippen LogP contribution in [0.5, 0.6) is 0 Å². The van der Waals surface area contributed by atoms with Gasteiger partial charge >= 0.3 is 0 Å². The Morgan fingerprint density at radius 3 is 2.44 bits per heavy atom. The highest BCUT2D eigenvalue weighted by molar-refractivity contribution is 5.18. The molecule has 0 spiro atoms. The van der Waals surface area contributed by atoms with Gasteiger partial charge in [-0.05, 0) is 31.4 Å². The van der Waals surface area contributed by atoms with Gasteiger partial charge in [-0.25, -0.2) is 0 Å². The maximum Gasteiger partial charge on any atom is 0.0487 e. The Kier molecular flexibility index (Phi) is 6.12. The van der Waals surface area contributed by atoms with Gasteiger partial charge in [-0.2, -0.15) is 0 Å². The van der Waals surface area contributed by atoms with Crippen LogP contribution < -0.4 is 5.32 Å². The van der Waals surface area contributed by atoms with E-state index < -0.39 is 0 Å². The van der Waals surface area contributed by atoms with E-state index in [0.717, 1.165) is 13.0 Å². The van der Waals surface area contributed by atoms with E-state index in [1.807, 2.05) is 7.05 Å². The lowest BCUT2D eigenvalue weighted by molar-refractivity contribution is 0.153. The van der Waals surface area contributed by atoms with E-state index in [1.165, 1.54) is 12.0 Å². The Morgan fingerprint density at radius 2 is 1.88 bits per heavy atom. The van der Waals surface area contributed by atoms with Crippen molar-refractivity contribution in [3.63, 3.8) is 0 Å². The van der Waals surface area contributed by atoms with Gasteiger partial charge in [0, 0.05) is 19.8 Å². The van der Waals surface area contributed by atoms with Crippen molar-refractivity contribution in [2.75, 3.05) is 20.8 Å². The van der Waals surface area contributed by atoms with Gasteiger partial charge in [-0.15, -0.1) is 0 Å². The summed E-state index contributed by atoms with van der Waals surface area (Å²) in [7, 11) is 3.79. The second-order valence-electron chi connectivity index (χ2n) is 4.39. The minimum atomic E-state index is 0.459. The number of ether oxygens (including phenoxy) is 1. The second kappa shape index (κ2) is 7.42. The molecular weight excluding hydrogens is 198 g/mol. The van der Waals surface area contributed by atoms with Gasteiger partial charge in [0.25, 0.3) is 0 Å². The Hall–Kier alpha value is -0.860. The molecule has 0 heterocycles. The van der Waals surface area contributed by atoms with Gasteiger partial charge in [-0.1, -0.05) is 37.3 Å². The summed E-state index contributed by atoms with van der Waals surface area (Å²) in [6, 6.07) is 11.1. The zero-order chi connectivity index (χ0) is 11.8. The monoisotopic (exact) mass is 221 g/mol. The van der Waals surface area contributed by atoms with Crippen LogP contribution in [-0.4, -0.2) is 20.8 Å². The van der Waals surface area contributed by atoms with Gasteiger partial charge in [0.1, 0.15) is 0 Å². The number of nitrogens with one attached hydrogen (secondary N) is 1. The molecule has 0 saturated carbocycles. The molecular formula is C14H23NO. The molecule has 2 atom stereocenters. The molecule has 0 fully saturated rings. The van der Waals surface area contributed by atoms with Gasteiger partial charge < -0.3 is 10.1 Å².